The van der Waals surface area contributed by atoms with Crippen molar-refractivity contribution < 1.29 is 9.31 Å². The van der Waals surface area contributed by atoms with Gasteiger partial charge in [0.05, 0.1) is 11.2 Å². The number of hydrogen-bond donors (Lipinski definition) is 0. The number of rotatable bonds is 2. The molecule has 0 atom stereocenters. The highest BCUT2D eigenvalue weighted by Crippen LogP contribution is 2.36. The zero-order valence-electron chi connectivity index (χ0n) is 14.9. The summed E-state index contributed by atoms with van der Waals surface area (Å²) in [6.07, 6.45) is 4.10. The Kier molecular flexibility index (Phi) is 3.89. The molecule has 1 aromatic rings. The second kappa shape index (κ2) is 5.50. The maximum absolute atomic E-state index is 6.18. The molecular weight excluding hydrogens is 287 g/mol. The van der Waals surface area contributed by atoms with Gasteiger partial charge in [-0.15, -0.1) is 0 Å². The first kappa shape index (κ1) is 16.3. The summed E-state index contributed by atoms with van der Waals surface area (Å²) < 4.78 is 12.4. The molecule has 0 aliphatic carbocycles. The van der Waals surface area contributed by atoms with Crippen LogP contribution in [0.2, 0.25) is 0 Å². The van der Waals surface area contributed by atoms with Crippen molar-refractivity contribution in [2.24, 2.45) is 4.99 Å². The maximum atomic E-state index is 6.18. The number of anilines is 1. The minimum Gasteiger partial charge on any atom is -0.399 e. The summed E-state index contributed by atoms with van der Waals surface area (Å²) >= 11 is 0. The third-order valence-electron chi connectivity index (χ3n) is 4.91. The van der Waals surface area contributed by atoms with Crippen LogP contribution in [0.15, 0.2) is 35.5 Å². The van der Waals surface area contributed by atoms with E-state index in [1.54, 1.807) is 0 Å². The highest BCUT2D eigenvalue weighted by Gasteiger charge is 2.51. The average Bonchev–Trinajstić information content (AvgIpc) is 2.67. The molecule has 23 heavy (non-hydrogen) atoms. The van der Waals surface area contributed by atoms with Crippen LogP contribution in [-0.4, -0.2) is 30.7 Å². The van der Waals surface area contributed by atoms with Crippen LogP contribution in [0.3, 0.4) is 0 Å². The number of allylic oxidation sites excluding steroid dienone is 1. The molecule has 2 aliphatic heterocycles. The summed E-state index contributed by atoms with van der Waals surface area (Å²) in [6, 6.07) is 6.43. The lowest BCUT2D eigenvalue weighted by Gasteiger charge is -2.32. The van der Waals surface area contributed by atoms with Gasteiger partial charge in [-0.1, -0.05) is 6.07 Å². The Morgan fingerprint density at radius 1 is 1.04 bits per heavy atom. The van der Waals surface area contributed by atoms with E-state index in [1.165, 1.54) is 5.56 Å². The van der Waals surface area contributed by atoms with E-state index in [-0.39, 0.29) is 18.3 Å². The summed E-state index contributed by atoms with van der Waals surface area (Å²) in [4.78, 5) is 6.62. The Labute approximate surface area is 139 Å². The summed E-state index contributed by atoms with van der Waals surface area (Å²) in [5.74, 6) is 0. The topological polar surface area (TPSA) is 34.1 Å². The van der Waals surface area contributed by atoms with Crippen molar-refractivity contribution >= 4 is 24.0 Å². The lowest BCUT2D eigenvalue weighted by atomic mass is 9.78. The van der Waals surface area contributed by atoms with Crippen LogP contribution in [0.25, 0.3) is 0 Å². The van der Waals surface area contributed by atoms with Crippen LogP contribution in [0.1, 0.15) is 40.2 Å². The Morgan fingerprint density at radius 3 is 2.26 bits per heavy atom. The minimum atomic E-state index is -0.336. The smallest absolute Gasteiger partial charge is 0.399 e. The van der Waals surface area contributed by atoms with Crippen molar-refractivity contribution in [2.45, 2.75) is 52.7 Å². The number of aliphatic imine (C=N–C) groups is 1. The second-order valence-electron chi connectivity index (χ2n) is 7.42. The van der Waals surface area contributed by atoms with Gasteiger partial charge in [0.1, 0.15) is 6.67 Å². The Morgan fingerprint density at radius 2 is 1.70 bits per heavy atom. The number of aryl methyl sites for hydroxylation is 1. The van der Waals surface area contributed by atoms with Crippen molar-refractivity contribution in [2.75, 3.05) is 11.6 Å². The third-order valence-corrected chi connectivity index (χ3v) is 4.91. The first-order valence-corrected chi connectivity index (χ1v) is 8.11. The summed E-state index contributed by atoms with van der Waals surface area (Å²) in [5, 5.41) is 0. The highest BCUT2D eigenvalue weighted by atomic mass is 16.7. The molecule has 0 spiro atoms. The molecule has 3 rings (SSSR count). The van der Waals surface area contributed by atoms with Gasteiger partial charge >= 0.3 is 7.12 Å². The van der Waals surface area contributed by atoms with E-state index in [9.17, 15) is 0 Å². The lowest BCUT2D eigenvalue weighted by molar-refractivity contribution is 0.00578. The van der Waals surface area contributed by atoms with Gasteiger partial charge in [-0.3, -0.25) is 4.99 Å². The molecule has 0 aromatic heterocycles. The van der Waals surface area contributed by atoms with E-state index in [4.69, 9.17) is 9.31 Å². The summed E-state index contributed by atoms with van der Waals surface area (Å²) in [7, 11) is -0.336. The van der Waals surface area contributed by atoms with Gasteiger partial charge in [0.25, 0.3) is 0 Å². The van der Waals surface area contributed by atoms with Gasteiger partial charge < -0.3 is 14.2 Å². The van der Waals surface area contributed by atoms with Crippen LogP contribution < -0.4 is 10.4 Å². The zero-order chi connectivity index (χ0) is 16.8. The average molecular weight is 312 g/mol. The van der Waals surface area contributed by atoms with Crippen LogP contribution >= 0.6 is 0 Å². The van der Waals surface area contributed by atoms with Crippen molar-refractivity contribution in [1.82, 2.24) is 0 Å². The zero-order valence-corrected chi connectivity index (χ0v) is 14.9. The monoisotopic (exact) mass is 312 g/mol. The van der Waals surface area contributed by atoms with Crippen LogP contribution in [0.4, 0.5) is 5.69 Å². The van der Waals surface area contributed by atoms with E-state index in [0.29, 0.717) is 6.67 Å². The maximum Gasteiger partial charge on any atom is 0.494 e. The van der Waals surface area contributed by atoms with Gasteiger partial charge in [0, 0.05) is 17.6 Å². The van der Waals surface area contributed by atoms with Crippen molar-refractivity contribution in [3.8, 4) is 0 Å². The van der Waals surface area contributed by atoms with Crippen molar-refractivity contribution in [3.05, 3.63) is 36.0 Å². The molecule has 4 nitrogen and oxygen atoms in total. The van der Waals surface area contributed by atoms with Crippen LogP contribution in [-0.2, 0) is 9.31 Å². The second-order valence-corrected chi connectivity index (χ2v) is 7.42. The molecule has 0 saturated carbocycles. The fourth-order valence-electron chi connectivity index (χ4n) is 2.73. The first-order valence-electron chi connectivity index (χ1n) is 8.11. The van der Waals surface area contributed by atoms with Crippen molar-refractivity contribution in [1.29, 1.82) is 0 Å². The molecular formula is C18H25BN2O2. The van der Waals surface area contributed by atoms with Gasteiger partial charge in [0.15, 0.2) is 0 Å². The Hall–Kier alpha value is -1.59. The fourth-order valence-corrected chi connectivity index (χ4v) is 2.73. The molecule has 0 amide bonds. The summed E-state index contributed by atoms with van der Waals surface area (Å²) in [6.45, 7) is 13.1. The van der Waals surface area contributed by atoms with E-state index in [2.05, 4.69) is 68.9 Å². The Balaban J connectivity index is 1.89. The third kappa shape index (κ3) is 3.08. The Bertz CT molecular complexity index is 664. The molecule has 0 N–H and O–H groups in total. The SMILES string of the molecule is CC1=NCN(c2cc(C)cc(B3OC(C)(C)C(C)(C)O3)c2)C=C1. The van der Waals surface area contributed by atoms with Crippen LogP contribution in [0, 0.1) is 6.92 Å². The van der Waals surface area contributed by atoms with Gasteiger partial charge in [0.2, 0.25) is 0 Å². The molecule has 1 aromatic carbocycles. The number of benzene rings is 1. The molecule has 0 bridgehead atoms. The first-order chi connectivity index (χ1) is 10.7. The van der Waals surface area contributed by atoms with Crippen LogP contribution in [0.5, 0.6) is 0 Å². The molecule has 2 heterocycles. The van der Waals surface area contributed by atoms with E-state index in [1.807, 2.05) is 13.0 Å². The van der Waals surface area contributed by atoms with Gasteiger partial charge in [-0.2, -0.15) is 0 Å². The molecule has 5 heteroatoms. The highest BCUT2D eigenvalue weighted by molar-refractivity contribution is 6.62. The predicted molar refractivity (Wildman–Crippen MR) is 96.5 cm³/mol. The molecule has 0 unspecified atom stereocenters. The standard InChI is InChI=1S/C18H25BN2O2/c1-13-9-15(19-22-17(3,4)18(5,6)23-19)11-16(10-13)21-8-7-14(2)20-12-21/h7-11H,12H2,1-6H3. The largest absolute Gasteiger partial charge is 0.494 e. The molecule has 122 valence electrons. The van der Waals surface area contributed by atoms with E-state index < -0.39 is 0 Å². The van der Waals surface area contributed by atoms with E-state index in [0.717, 1.165) is 16.9 Å². The van der Waals surface area contributed by atoms with E-state index >= 15 is 0 Å². The molecule has 2 aliphatic rings. The van der Waals surface area contributed by atoms with Gasteiger partial charge in [-0.25, -0.2) is 0 Å². The minimum absolute atomic E-state index is 0.325. The summed E-state index contributed by atoms with van der Waals surface area (Å²) in [5.41, 5.74) is 3.76. The number of hydrogen-bond acceptors (Lipinski definition) is 4. The number of nitrogens with zero attached hydrogens (tertiary/aromatic N) is 2. The fraction of sp³-hybridized carbons (Fsp3) is 0.500. The predicted octanol–water partition coefficient (Wildman–Crippen LogP) is 3.05. The molecule has 0 radical (unpaired) electrons. The molecule has 1 saturated heterocycles. The normalized spacial score (nSPS) is 22.4. The molecule has 1 fully saturated rings. The van der Waals surface area contributed by atoms with Crippen molar-refractivity contribution in [3.63, 3.8) is 0 Å². The lowest BCUT2D eigenvalue weighted by Crippen LogP contribution is -2.41. The quantitative estimate of drug-likeness (QED) is 0.787. The van der Waals surface area contributed by atoms with Gasteiger partial charge in [-0.05, 0) is 70.8 Å².